The first kappa shape index (κ1) is 16.7. The van der Waals surface area contributed by atoms with E-state index in [1.165, 1.54) is 18.2 Å². The summed E-state index contributed by atoms with van der Waals surface area (Å²) in [7, 11) is -2.09. The Morgan fingerprint density at radius 3 is 2.50 bits per heavy atom. The van der Waals surface area contributed by atoms with Crippen molar-refractivity contribution in [1.82, 2.24) is 5.32 Å². The summed E-state index contributed by atoms with van der Waals surface area (Å²) in [5.74, 6) is -0.156. The Morgan fingerprint density at radius 1 is 1.12 bits per heavy atom. The number of nitrogens with one attached hydrogen (secondary N) is 1. The molecule has 3 rings (SSSR count). The monoisotopic (exact) mass is 350 g/mol. The van der Waals surface area contributed by atoms with Crippen LogP contribution in [0.1, 0.15) is 12.8 Å². The fourth-order valence-corrected chi connectivity index (χ4v) is 4.49. The Morgan fingerprint density at radius 2 is 1.79 bits per heavy atom. The van der Waals surface area contributed by atoms with E-state index in [0.29, 0.717) is 30.8 Å². The third kappa shape index (κ3) is 2.97. The molecule has 0 saturated carbocycles. The average molecular weight is 350 g/mol. The first-order valence-corrected chi connectivity index (χ1v) is 9.25. The third-order valence-electron chi connectivity index (χ3n) is 3.87. The Labute approximate surface area is 141 Å². The highest BCUT2D eigenvalue weighted by Crippen LogP contribution is 2.43. The number of rotatable bonds is 5. The van der Waals surface area contributed by atoms with Gasteiger partial charge in [0.15, 0.2) is 0 Å². The largest absolute Gasteiger partial charge is 0.470 e. The van der Waals surface area contributed by atoms with E-state index in [1.807, 2.05) is 0 Å². The molecule has 2 aromatic rings. The second kappa shape index (κ2) is 6.78. The van der Waals surface area contributed by atoms with Crippen molar-refractivity contribution in [2.75, 3.05) is 17.9 Å². The van der Waals surface area contributed by atoms with Crippen LogP contribution >= 0.6 is 0 Å². The van der Waals surface area contributed by atoms with Crippen LogP contribution in [0.15, 0.2) is 48.5 Å². The molecule has 2 aromatic carbocycles. The summed E-state index contributed by atoms with van der Waals surface area (Å²) in [6, 6.07) is 12.6. The van der Waals surface area contributed by atoms with Crippen molar-refractivity contribution in [2.45, 2.75) is 18.3 Å². The molecule has 7 heteroatoms. The third-order valence-corrected chi connectivity index (χ3v) is 5.77. The number of hydrogen-bond acceptors (Lipinski definition) is 4. The van der Waals surface area contributed by atoms with Gasteiger partial charge in [-0.05, 0) is 44.3 Å². The fraction of sp³-hybridized carbons (Fsp3) is 0.294. The van der Waals surface area contributed by atoms with Crippen LogP contribution in [0.4, 0.5) is 15.8 Å². The maximum absolute atomic E-state index is 14.3. The summed E-state index contributed by atoms with van der Waals surface area (Å²) in [5, 5.41) is 2.98. The van der Waals surface area contributed by atoms with Gasteiger partial charge in [0.1, 0.15) is 11.6 Å². The minimum absolute atomic E-state index is 0.00636. The van der Waals surface area contributed by atoms with Crippen molar-refractivity contribution in [3.8, 4) is 5.75 Å². The van der Waals surface area contributed by atoms with E-state index in [4.69, 9.17) is 4.74 Å². The molecule has 1 aliphatic heterocycles. The second-order valence-electron chi connectivity index (χ2n) is 5.52. The van der Waals surface area contributed by atoms with E-state index >= 15 is 0 Å². The molecule has 1 aliphatic rings. The van der Waals surface area contributed by atoms with Crippen LogP contribution in [-0.4, -0.2) is 27.4 Å². The van der Waals surface area contributed by atoms with Crippen molar-refractivity contribution in [1.29, 1.82) is 0 Å². The summed E-state index contributed by atoms with van der Waals surface area (Å²) < 4.78 is 47.1. The van der Waals surface area contributed by atoms with Gasteiger partial charge in [-0.25, -0.2) is 17.1 Å². The van der Waals surface area contributed by atoms with Gasteiger partial charge >= 0.3 is 0 Å². The van der Waals surface area contributed by atoms with Gasteiger partial charge in [0.25, 0.3) is 10.0 Å². The number of halogens is 1. The van der Waals surface area contributed by atoms with Gasteiger partial charge in [-0.15, -0.1) is 0 Å². The lowest BCUT2D eigenvalue weighted by Crippen LogP contribution is -2.43. The SMILES string of the molecule is CNCCC[C@H]1Oc2ccccc2N(c2ccccc2F)S1(=O)=O. The molecular formula is C17H19FN2O3S. The number of fused-ring (bicyclic) bond motifs is 1. The van der Waals surface area contributed by atoms with Crippen molar-refractivity contribution in [2.24, 2.45) is 0 Å². The molecule has 0 bridgehead atoms. The van der Waals surface area contributed by atoms with E-state index < -0.39 is 21.3 Å². The Hall–Kier alpha value is -2.12. The minimum Gasteiger partial charge on any atom is -0.470 e. The minimum atomic E-state index is -3.89. The quantitative estimate of drug-likeness (QED) is 0.842. The lowest BCUT2D eigenvalue weighted by atomic mass is 10.2. The topological polar surface area (TPSA) is 58.6 Å². The normalized spacial score (nSPS) is 18.8. The summed E-state index contributed by atoms with van der Waals surface area (Å²) >= 11 is 0. The number of nitrogens with zero attached hydrogens (tertiary/aromatic N) is 1. The predicted molar refractivity (Wildman–Crippen MR) is 91.5 cm³/mol. The molecule has 0 saturated heterocycles. The van der Waals surface area contributed by atoms with E-state index in [1.54, 1.807) is 37.4 Å². The standard InChI is InChI=1S/C17H19FN2O3S/c1-19-12-6-11-17-23-16-10-5-4-9-15(16)20(24(17,21)22)14-8-3-2-7-13(14)18/h2-5,7-10,17,19H,6,11-12H2,1H3/t17-/m0/s1. The highest BCUT2D eigenvalue weighted by Gasteiger charge is 2.41. The zero-order valence-corrected chi connectivity index (χ0v) is 14.1. The molecule has 0 fully saturated rings. The van der Waals surface area contributed by atoms with Gasteiger partial charge in [-0.3, -0.25) is 0 Å². The van der Waals surface area contributed by atoms with Crippen LogP contribution < -0.4 is 14.4 Å². The number of benzene rings is 2. The zero-order chi connectivity index (χ0) is 17.2. The van der Waals surface area contributed by atoms with Crippen molar-refractivity contribution < 1.29 is 17.5 Å². The summed E-state index contributed by atoms with van der Waals surface area (Å²) in [5.41, 5.74) is -0.709. The first-order chi connectivity index (χ1) is 11.6. The molecular weight excluding hydrogens is 331 g/mol. The molecule has 1 atom stereocenters. The molecule has 1 heterocycles. The summed E-state index contributed by atoms with van der Waals surface area (Å²) in [4.78, 5) is 0. The molecule has 5 nitrogen and oxygen atoms in total. The summed E-state index contributed by atoms with van der Waals surface area (Å²) in [6.45, 7) is 0.677. The molecule has 24 heavy (non-hydrogen) atoms. The molecule has 1 N–H and O–H groups in total. The lowest BCUT2D eigenvalue weighted by Gasteiger charge is -2.35. The van der Waals surface area contributed by atoms with Crippen molar-refractivity contribution >= 4 is 21.4 Å². The number of para-hydroxylation sites is 3. The van der Waals surface area contributed by atoms with Gasteiger partial charge in [0, 0.05) is 6.42 Å². The van der Waals surface area contributed by atoms with Crippen LogP contribution in [0.25, 0.3) is 0 Å². The van der Waals surface area contributed by atoms with Crippen molar-refractivity contribution in [3.05, 3.63) is 54.3 Å². The molecule has 0 unspecified atom stereocenters. The van der Waals surface area contributed by atoms with E-state index in [-0.39, 0.29) is 5.69 Å². The maximum atomic E-state index is 14.3. The highest BCUT2D eigenvalue weighted by atomic mass is 32.2. The van der Waals surface area contributed by atoms with Gasteiger partial charge in [0.05, 0.1) is 11.4 Å². The van der Waals surface area contributed by atoms with Gasteiger partial charge in [-0.2, -0.15) is 0 Å². The molecule has 0 radical (unpaired) electrons. The number of ether oxygens (including phenoxy) is 1. The van der Waals surface area contributed by atoms with Crippen LogP contribution in [0.2, 0.25) is 0 Å². The van der Waals surface area contributed by atoms with E-state index in [0.717, 1.165) is 4.31 Å². The Balaban J connectivity index is 2.09. The Bertz CT molecular complexity index is 826. The molecule has 0 aromatic heterocycles. The van der Waals surface area contributed by atoms with Gasteiger partial charge < -0.3 is 10.1 Å². The molecule has 0 aliphatic carbocycles. The highest BCUT2D eigenvalue weighted by molar-refractivity contribution is 7.93. The van der Waals surface area contributed by atoms with Crippen molar-refractivity contribution in [3.63, 3.8) is 0 Å². The summed E-state index contributed by atoms with van der Waals surface area (Å²) in [6.07, 6.45) is 0.954. The van der Waals surface area contributed by atoms with Gasteiger partial charge in [-0.1, -0.05) is 24.3 Å². The first-order valence-electron chi connectivity index (χ1n) is 7.74. The van der Waals surface area contributed by atoms with E-state index in [2.05, 4.69) is 5.32 Å². The smallest absolute Gasteiger partial charge is 0.278 e. The number of sulfonamides is 1. The van der Waals surface area contributed by atoms with Gasteiger partial charge in [0.2, 0.25) is 5.44 Å². The maximum Gasteiger partial charge on any atom is 0.278 e. The zero-order valence-electron chi connectivity index (χ0n) is 13.3. The van der Waals surface area contributed by atoms with Crippen LogP contribution in [0, 0.1) is 5.82 Å². The number of anilines is 2. The van der Waals surface area contributed by atoms with E-state index in [9.17, 15) is 12.8 Å². The Kier molecular flexibility index (Phi) is 4.73. The average Bonchev–Trinajstić information content (AvgIpc) is 2.56. The lowest BCUT2D eigenvalue weighted by molar-refractivity contribution is 0.254. The molecule has 128 valence electrons. The molecule has 0 amide bonds. The van der Waals surface area contributed by atoms with Crippen LogP contribution in [0.5, 0.6) is 5.75 Å². The molecule has 0 spiro atoms. The second-order valence-corrected chi connectivity index (χ2v) is 7.44. The van der Waals surface area contributed by atoms with Crippen LogP contribution in [-0.2, 0) is 10.0 Å². The van der Waals surface area contributed by atoms with Crippen LogP contribution in [0.3, 0.4) is 0 Å². The number of hydrogen-bond donors (Lipinski definition) is 1. The fourth-order valence-electron chi connectivity index (χ4n) is 2.72. The predicted octanol–water partition coefficient (Wildman–Crippen LogP) is 3.01.